The number of aryl methyl sites for hydroxylation is 2. The maximum atomic E-state index is 13.2. The summed E-state index contributed by atoms with van der Waals surface area (Å²) in [4.78, 5) is 19.8. The lowest BCUT2D eigenvalue weighted by atomic mass is 10.0. The first-order valence-electron chi connectivity index (χ1n) is 9.83. The van der Waals surface area contributed by atoms with Gasteiger partial charge in [0, 0.05) is 25.0 Å². The molecule has 0 unspecified atom stereocenters. The second-order valence-corrected chi connectivity index (χ2v) is 7.43. The van der Waals surface area contributed by atoms with Crippen molar-refractivity contribution in [2.75, 3.05) is 18.8 Å². The lowest BCUT2D eigenvalue weighted by Crippen LogP contribution is -2.29. The fourth-order valence-electron chi connectivity index (χ4n) is 3.83. The number of halogens is 1. The van der Waals surface area contributed by atoms with E-state index in [4.69, 9.17) is 5.73 Å². The number of carbonyl (C=O) groups excluding carboxylic acids is 1. The molecule has 5 nitrogen and oxygen atoms in total. The van der Waals surface area contributed by atoms with Crippen LogP contribution in [-0.2, 0) is 6.42 Å². The van der Waals surface area contributed by atoms with Crippen LogP contribution in [0.1, 0.15) is 45.7 Å². The van der Waals surface area contributed by atoms with E-state index in [1.807, 2.05) is 47.5 Å². The number of anilines is 1. The Kier molecular flexibility index (Phi) is 6.28. The van der Waals surface area contributed by atoms with Gasteiger partial charge in [-0.15, -0.1) is 12.4 Å². The molecule has 1 fully saturated rings. The van der Waals surface area contributed by atoms with Gasteiger partial charge in [-0.25, -0.2) is 4.98 Å². The van der Waals surface area contributed by atoms with E-state index in [0.717, 1.165) is 54.1 Å². The van der Waals surface area contributed by atoms with Crippen molar-refractivity contribution < 1.29 is 4.79 Å². The summed E-state index contributed by atoms with van der Waals surface area (Å²) in [7, 11) is 0. The van der Waals surface area contributed by atoms with Gasteiger partial charge in [-0.3, -0.25) is 4.79 Å². The van der Waals surface area contributed by atoms with E-state index in [-0.39, 0.29) is 18.3 Å². The largest absolute Gasteiger partial charge is 0.395 e. The first kappa shape index (κ1) is 20.9. The fraction of sp³-hybridized carbons (Fsp3) is 0.304. The van der Waals surface area contributed by atoms with Crippen molar-refractivity contribution in [1.29, 1.82) is 0 Å². The summed E-state index contributed by atoms with van der Waals surface area (Å²) in [6.45, 7) is 5.61. The first-order chi connectivity index (χ1) is 13.6. The molecule has 4 rings (SSSR count). The molecule has 3 heterocycles. The molecular formula is C23H27ClN4O. The van der Waals surface area contributed by atoms with Crippen molar-refractivity contribution in [2.24, 2.45) is 0 Å². The highest BCUT2D eigenvalue weighted by Crippen LogP contribution is 2.28. The zero-order valence-electron chi connectivity index (χ0n) is 16.9. The maximum absolute atomic E-state index is 13.2. The summed E-state index contributed by atoms with van der Waals surface area (Å²) < 4.78 is 1.96. The Morgan fingerprint density at radius 1 is 1.17 bits per heavy atom. The molecule has 1 amide bonds. The number of nitrogens with two attached hydrogens (primary N) is 1. The second-order valence-electron chi connectivity index (χ2n) is 7.43. The Labute approximate surface area is 177 Å². The lowest BCUT2D eigenvalue weighted by Gasteiger charge is -2.19. The maximum Gasteiger partial charge on any atom is 0.255 e. The molecule has 3 aromatic rings. The number of hydrogen-bond acceptors (Lipinski definition) is 3. The van der Waals surface area contributed by atoms with E-state index in [9.17, 15) is 4.79 Å². The molecule has 0 saturated carbocycles. The van der Waals surface area contributed by atoms with Crippen LogP contribution in [0.2, 0.25) is 0 Å². The molecule has 6 heteroatoms. The number of allylic oxidation sites excluding steroid dienone is 1. The van der Waals surface area contributed by atoms with Gasteiger partial charge in [0.25, 0.3) is 5.91 Å². The second kappa shape index (κ2) is 8.70. The van der Waals surface area contributed by atoms with Gasteiger partial charge in [0.15, 0.2) is 5.65 Å². The molecule has 0 radical (unpaired) electrons. The summed E-state index contributed by atoms with van der Waals surface area (Å²) in [6.07, 6.45) is 8.78. The number of hydrogen-bond donors (Lipinski definition) is 1. The van der Waals surface area contributed by atoms with E-state index in [1.54, 1.807) is 0 Å². The van der Waals surface area contributed by atoms with E-state index < -0.39 is 0 Å². The topological polar surface area (TPSA) is 63.6 Å². The molecule has 2 aromatic heterocycles. The molecule has 0 aliphatic carbocycles. The molecule has 1 saturated heterocycles. The Bertz CT molecular complexity index is 1050. The highest BCUT2D eigenvalue weighted by molar-refractivity contribution is 5.98. The van der Waals surface area contributed by atoms with Gasteiger partial charge < -0.3 is 15.0 Å². The van der Waals surface area contributed by atoms with Gasteiger partial charge in [-0.1, -0.05) is 42.5 Å². The molecule has 0 atom stereocenters. The van der Waals surface area contributed by atoms with Gasteiger partial charge in [0.05, 0.1) is 16.9 Å². The summed E-state index contributed by atoms with van der Waals surface area (Å²) in [5, 5.41) is 0. The number of pyridine rings is 1. The van der Waals surface area contributed by atoms with Gasteiger partial charge in [-0.2, -0.15) is 0 Å². The number of rotatable bonds is 4. The third-order valence-electron chi connectivity index (χ3n) is 5.59. The minimum absolute atomic E-state index is 0. The third kappa shape index (κ3) is 4.01. The van der Waals surface area contributed by atoms with Crippen LogP contribution < -0.4 is 5.73 Å². The highest BCUT2D eigenvalue weighted by Gasteiger charge is 2.25. The molecule has 152 valence electrons. The number of carbonyl (C=O) groups is 1. The normalized spacial score (nSPS) is 13.9. The average molecular weight is 411 g/mol. The Balaban J connectivity index is 0.00000240. The fourth-order valence-corrected chi connectivity index (χ4v) is 3.83. The summed E-state index contributed by atoms with van der Waals surface area (Å²) in [5.74, 6) is 0.0694. The number of nitrogen functional groups attached to an aromatic ring is 1. The molecule has 1 aliphatic rings. The predicted octanol–water partition coefficient (Wildman–Crippen LogP) is 4.45. The standard InChI is InChI=1S/C23H26N4O.ClH/c1-16-17(2)27-15-20(23(28)26-13-6-7-14-26)19(21(24)22(27)25-16)12-8-11-18-9-4-3-5-10-18;/h3-5,8-11,15H,6-7,12-14,24H2,1-2H3;1H. The number of aromatic nitrogens is 2. The third-order valence-corrected chi connectivity index (χ3v) is 5.59. The molecular weight excluding hydrogens is 384 g/mol. The van der Waals surface area contributed by atoms with Gasteiger partial charge in [-0.05, 0) is 44.2 Å². The number of amides is 1. The number of nitrogens with zero attached hydrogens (tertiary/aromatic N) is 3. The van der Waals surface area contributed by atoms with Crippen molar-refractivity contribution in [3.05, 3.63) is 70.7 Å². The predicted molar refractivity (Wildman–Crippen MR) is 121 cm³/mol. The van der Waals surface area contributed by atoms with Gasteiger partial charge in [0.1, 0.15) is 0 Å². The minimum Gasteiger partial charge on any atom is -0.395 e. The minimum atomic E-state index is 0. The van der Waals surface area contributed by atoms with Crippen molar-refractivity contribution in [1.82, 2.24) is 14.3 Å². The first-order valence-corrected chi connectivity index (χ1v) is 9.83. The summed E-state index contributed by atoms with van der Waals surface area (Å²) in [6, 6.07) is 10.1. The molecule has 0 bridgehead atoms. The summed E-state index contributed by atoms with van der Waals surface area (Å²) >= 11 is 0. The van der Waals surface area contributed by atoms with Crippen LogP contribution >= 0.6 is 12.4 Å². The van der Waals surface area contributed by atoms with Crippen LogP contribution in [0, 0.1) is 13.8 Å². The average Bonchev–Trinajstić information content (AvgIpc) is 3.34. The van der Waals surface area contributed by atoms with Crippen molar-refractivity contribution in [3.8, 4) is 0 Å². The van der Waals surface area contributed by atoms with Crippen LogP contribution in [0.5, 0.6) is 0 Å². The van der Waals surface area contributed by atoms with Gasteiger partial charge >= 0.3 is 0 Å². The SMILES string of the molecule is Cc1nc2c(N)c(CC=Cc3ccccc3)c(C(=O)N3CCCC3)cn2c1C.Cl. The van der Waals surface area contributed by atoms with Gasteiger partial charge in [0.2, 0.25) is 0 Å². The van der Waals surface area contributed by atoms with Crippen molar-refractivity contribution in [3.63, 3.8) is 0 Å². The molecule has 29 heavy (non-hydrogen) atoms. The van der Waals surface area contributed by atoms with E-state index in [2.05, 4.69) is 29.3 Å². The smallest absolute Gasteiger partial charge is 0.255 e. The van der Waals surface area contributed by atoms with Crippen molar-refractivity contribution in [2.45, 2.75) is 33.1 Å². The zero-order chi connectivity index (χ0) is 19.7. The van der Waals surface area contributed by atoms with Crippen LogP contribution in [0.4, 0.5) is 5.69 Å². The number of fused-ring (bicyclic) bond motifs is 1. The molecule has 2 N–H and O–H groups in total. The number of imidazole rings is 1. The van der Waals surface area contributed by atoms with Crippen LogP contribution in [0.25, 0.3) is 11.7 Å². The Hall–Kier alpha value is -2.79. The monoisotopic (exact) mass is 410 g/mol. The highest BCUT2D eigenvalue weighted by atomic mass is 35.5. The Morgan fingerprint density at radius 3 is 2.55 bits per heavy atom. The number of likely N-dealkylation sites (tertiary alicyclic amines) is 1. The van der Waals surface area contributed by atoms with Crippen molar-refractivity contribution >= 4 is 35.7 Å². The lowest BCUT2D eigenvalue weighted by molar-refractivity contribution is 0.0791. The van der Waals surface area contributed by atoms with E-state index >= 15 is 0 Å². The Morgan fingerprint density at radius 2 is 1.86 bits per heavy atom. The van der Waals surface area contributed by atoms with E-state index in [1.165, 1.54) is 0 Å². The molecule has 1 aliphatic heterocycles. The van der Waals surface area contributed by atoms with Crippen LogP contribution in [0.15, 0.2) is 42.6 Å². The van der Waals surface area contributed by atoms with Crippen LogP contribution in [-0.4, -0.2) is 33.3 Å². The number of benzene rings is 1. The quantitative estimate of drug-likeness (QED) is 0.691. The summed E-state index contributed by atoms with van der Waals surface area (Å²) in [5.41, 5.74) is 12.5. The molecule has 1 aromatic carbocycles. The van der Waals surface area contributed by atoms with E-state index in [0.29, 0.717) is 17.7 Å². The zero-order valence-corrected chi connectivity index (χ0v) is 17.7. The molecule has 0 spiro atoms. The van der Waals surface area contributed by atoms with Crippen LogP contribution in [0.3, 0.4) is 0 Å².